The first-order valence-corrected chi connectivity index (χ1v) is 6.72. The second kappa shape index (κ2) is 6.17. The lowest BCUT2D eigenvalue weighted by Crippen LogP contribution is -2.44. The van der Waals surface area contributed by atoms with Gasteiger partial charge in [-0.15, -0.1) is 6.58 Å². The molecule has 0 aliphatic carbocycles. The van der Waals surface area contributed by atoms with E-state index in [9.17, 15) is 5.11 Å². The largest absolute Gasteiger partial charge is 0.392 e. The summed E-state index contributed by atoms with van der Waals surface area (Å²) in [6, 6.07) is 10.4. The van der Waals surface area contributed by atoms with E-state index in [2.05, 4.69) is 18.7 Å². The van der Waals surface area contributed by atoms with Gasteiger partial charge in [0.05, 0.1) is 6.10 Å². The van der Waals surface area contributed by atoms with Gasteiger partial charge in [-0.2, -0.15) is 0 Å². The van der Waals surface area contributed by atoms with Crippen molar-refractivity contribution in [3.63, 3.8) is 0 Å². The molecule has 1 heterocycles. The van der Waals surface area contributed by atoms with Crippen LogP contribution in [0.1, 0.15) is 31.2 Å². The molecule has 1 saturated heterocycles. The molecule has 1 fully saturated rings. The van der Waals surface area contributed by atoms with Crippen molar-refractivity contribution in [3.8, 4) is 0 Å². The molecule has 98 valence electrons. The van der Waals surface area contributed by atoms with E-state index in [0.29, 0.717) is 0 Å². The molecule has 0 radical (unpaired) electrons. The van der Waals surface area contributed by atoms with Crippen LogP contribution < -0.4 is 0 Å². The summed E-state index contributed by atoms with van der Waals surface area (Å²) in [5.41, 5.74) is 1.10. The maximum Gasteiger partial charge on any atom is 0.0641 e. The van der Waals surface area contributed by atoms with Crippen molar-refractivity contribution in [1.82, 2.24) is 0 Å². The number of hydrogen-bond donors (Lipinski definition) is 1. The van der Waals surface area contributed by atoms with E-state index in [-0.39, 0.29) is 11.5 Å². The molecule has 2 rings (SSSR count). The van der Waals surface area contributed by atoms with Crippen molar-refractivity contribution in [1.29, 1.82) is 0 Å². The summed E-state index contributed by atoms with van der Waals surface area (Å²) in [4.78, 5) is 0. The Bertz CT molecular complexity index is 366. The fourth-order valence-electron chi connectivity index (χ4n) is 2.87. The van der Waals surface area contributed by atoms with Crippen molar-refractivity contribution in [2.24, 2.45) is 0 Å². The molecule has 1 aliphatic rings. The van der Waals surface area contributed by atoms with Crippen LogP contribution in [0.2, 0.25) is 0 Å². The van der Waals surface area contributed by atoms with Crippen LogP contribution in [0.4, 0.5) is 0 Å². The molecule has 2 heteroatoms. The first kappa shape index (κ1) is 13.3. The Morgan fingerprint density at radius 2 is 1.94 bits per heavy atom. The lowest BCUT2D eigenvalue weighted by Gasteiger charge is -2.41. The third-order valence-electron chi connectivity index (χ3n) is 4.02. The van der Waals surface area contributed by atoms with E-state index >= 15 is 0 Å². The highest BCUT2D eigenvalue weighted by molar-refractivity contribution is 5.27. The van der Waals surface area contributed by atoms with Crippen LogP contribution in [0.5, 0.6) is 0 Å². The van der Waals surface area contributed by atoms with Gasteiger partial charge in [0.2, 0.25) is 0 Å². The molecule has 1 aromatic rings. The minimum absolute atomic E-state index is 0.136. The van der Waals surface area contributed by atoms with Crippen LogP contribution in [0, 0.1) is 0 Å². The zero-order valence-corrected chi connectivity index (χ0v) is 10.8. The minimum atomic E-state index is -0.318. The zero-order valence-electron chi connectivity index (χ0n) is 10.8. The fraction of sp³-hybridized carbons (Fsp3) is 0.500. The van der Waals surface area contributed by atoms with Crippen molar-refractivity contribution in [2.45, 2.75) is 37.2 Å². The molecule has 0 saturated carbocycles. The van der Waals surface area contributed by atoms with Crippen LogP contribution in [0.25, 0.3) is 0 Å². The van der Waals surface area contributed by atoms with Gasteiger partial charge in [0, 0.05) is 18.6 Å². The van der Waals surface area contributed by atoms with E-state index in [4.69, 9.17) is 4.74 Å². The van der Waals surface area contributed by atoms with Gasteiger partial charge in [-0.1, -0.05) is 36.4 Å². The molecule has 1 aromatic carbocycles. The molecule has 0 spiro atoms. The molecular formula is C16H22O2. The lowest BCUT2D eigenvalue weighted by atomic mass is 9.69. The number of aliphatic hydroxyl groups is 1. The van der Waals surface area contributed by atoms with Gasteiger partial charge >= 0.3 is 0 Å². The summed E-state index contributed by atoms with van der Waals surface area (Å²) < 4.78 is 5.47. The number of allylic oxidation sites excluding steroid dienone is 1. The highest BCUT2D eigenvalue weighted by Crippen LogP contribution is 2.39. The normalized spacial score (nSPS) is 20.3. The van der Waals surface area contributed by atoms with Crippen molar-refractivity contribution < 1.29 is 9.84 Å². The van der Waals surface area contributed by atoms with Gasteiger partial charge in [-0.3, -0.25) is 0 Å². The van der Waals surface area contributed by atoms with Crippen molar-refractivity contribution in [2.75, 3.05) is 13.2 Å². The number of benzene rings is 1. The summed E-state index contributed by atoms with van der Waals surface area (Å²) in [7, 11) is 0. The Morgan fingerprint density at radius 1 is 1.28 bits per heavy atom. The van der Waals surface area contributed by atoms with Crippen LogP contribution in [-0.4, -0.2) is 24.4 Å². The van der Waals surface area contributed by atoms with Gasteiger partial charge in [0.15, 0.2) is 0 Å². The molecule has 2 nitrogen and oxygen atoms in total. The van der Waals surface area contributed by atoms with Crippen LogP contribution in [-0.2, 0) is 10.2 Å². The van der Waals surface area contributed by atoms with E-state index in [1.54, 1.807) is 0 Å². The smallest absolute Gasteiger partial charge is 0.0641 e. The Labute approximate surface area is 109 Å². The third-order valence-corrected chi connectivity index (χ3v) is 4.02. The van der Waals surface area contributed by atoms with E-state index in [1.165, 1.54) is 5.56 Å². The molecule has 1 aliphatic heterocycles. The van der Waals surface area contributed by atoms with Gasteiger partial charge in [-0.05, 0) is 31.2 Å². The maximum atomic E-state index is 10.6. The monoisotopic (exact) mass is 246 g/mol. The Morgan fingerprint density at radius 3 is 2.56 bits per heavy atom. The second-order valence-electron chi connectivity index (χ2n) is 5.02. The molecule has 0 aromatic heterocycles. The Kier molecular flexibility index (Phi) is 4.56. The number of rotatable bonds is 5. The summed E-state index contributed by atoms with van der Waals surface area (Å²) in [5.74, 6) is 0. The number of hydrogen-bond acceptors (Lipinski definition) is 2. The van der Waals surface area contributed by atoms with Gasteiger partial charge in [-0.25, -0.2) is 0 Å². The summed E-state index contributed by atoms with van der Waals surface area (Å²) in [6.07, 6.45) is 4.99. The molecule has 0 amide bonds. The Balaban J connectivity index is 2.25. The van der Waals surface area contributed by atoms with Crippen LogP contribution >= 0.6 is 0 Å². The minimum Gasteiger partial charge on any atom is -0.392 e. The van der Waals surface area contributed by atoms with Crippen molar-refractivity contribution in [3.05, 3.63) is 48.6 Å². The van der Waals surface area contributed by atoms with Gasteiger partial charge in [0.25, 0.3) is 0 Å². The highest BCUT2D eigenvalue weighted by Gasteiger charge is 2.40. The topological polar surface area (TPSA) is 29.5 Å². The van der Waals surface area contributed by atoms with Gasteiger partial charge in [0.1, 0.15) is 0 Å². The van der Waals surface area contributed by atoms with Crippen LogP contribution in [0.3, 0.4) is 0 Å². The van der Waals surface area contributed by atoms with E-state index in [0.717, 1.165) is 38.9 Å². The lowest BCUT2D eigenvalue weighted by molar-refractivity contribution is -0.0184. The number of ether oxygens (including phenoxy) is 1. The number of aliphatic hydroxyl groups excluding tert-OH is 1. The standard InChI is InChI=1S/C16H22O2/c1-2-3-9-15(17)16(10-12-18-13-11-16)14-7-5-4-6-8-14/h2,4-8,15,17H,1,3,9-13H2. The third kappa shape index (κ3) is 2.65. The first-order valence-electron chi connectivity index (χ1n) is 6.72. The molecule has 1 N–H and O–H groups in total. The Hall–Kier alpha value is -1.12. The molecule has 1 atom stereocenters. The molecule has 1 unspecified atom stereocenters. The first-order chi connectivity index (χ1) is 8.79. The molecule has 0 bridgehead atoms. The fourth-order valence-corrected chi connectivity index (χ4v) is 2.87. The SMILES string of the molecule is C=CCCC(O)C1(c2ccccc2)CCOCC1. The van der Waals surface area contributed by atoms with Crippen LogP contribution in [0.15, 0.2) is 43.0 Å². The summed E-state index contributed by atoms with van der Waals surface area (Å²) >= 11 is 0. The summed E-state index contributed by atoms with van der Waals surface area (Å²) in [6.45, 7) is 5.21. The van der Waals surface area contributed by atoms with E-state index in [1.807, 2.05) is 24.3 Å². The molecule has 18 heavy (non-hydrogen) atoms. The quantitative estimate of drug-likeness (QED) is 0.809. The second-order valence-corrected chi connectivity index (χ2v) is 5.02. The maximum absolute atomic E-state index is 10.6. The average Bonchev–Trinajstić information content (AvgIpc) is 2.46. The zero-order chi connectivity index (χ0) is 12.8. The van der Waals surface area contributed by atoms with E-state index < -0.39 is 0 Å². The van der Waals surface area contributed by atoms with Gasteiger partial charge < -0.3 is 9.84 Å². The van der Waals surface area contributed by atoms with Crippen molar-refractivity contribution >= 4 is 0 Å². The predicted octanol–water partition coefficient (Wildman–Crippen LogP) is 3.06. The highest BCUT2D eigenvalue weighted by atomic mass is 16.5. The summed E-state index contributed by atoms with van der Waals surface area (Å²) in [5, 5.41) is 10.6. The average molecular weight is 246 g/mol. The molecular weight excluding hydrogens is 224 g/mol. The predicted molar refractivity (Wildman–Crippen MR) is 73.6 cm³/mol.